The van der Waals surface area contributed by atoms with E-state index in [2.05, 4.69) is 16.8 Å². The number of aryl methyl sites for hydroxylation is 1. The maximum absolute atomic E-state index is 11.3. The van der Waals surface area contributed by atoms with E-state index in [9.17, 15) is 4.79 Å². The number of aromatic nitrogens is 1. The van der Waals surface area contributed by atoms with Gasteiger partial charge in [-0.3, -0.25) is 9.69 Å². The molecule has 0 bridgehead atoms. The van der Waals surface area contributed by atoms with Gasteiger partial charge in [-0.05, 0) is 50.4 Å². The summed E-state index contributed by atoms with van der Waals surface area (Å²) in [5.41, 5.74) is 2.43. The molecule has 1 saturated heterocycles. The molecule has 0 aliphatic carbocycles. The first-order valence-electron chi connectivity index (χ1n) is 6.65. The molecule has 1 aromatic heterocycles. The number of hydrogen-bond acceptors (Lipinski definition) is 2. The molecular weight excluding hydrogens is 212 g/mol. The van der Waals surface area contributed by atoms with Crippen molar-refractivity contribution in [3.8, 4) is 0 Å². The lowest BCUT2D eigenvalue weighted by atomic mass is 9.93. The van der Waals surface area contributed by atoms with Crippen molar-refractivity contribution in [2.24, 2.45) is 0 Å². The molecule has 0 unspecified atom stereocenters. The first kappa shape index (κ1) is 12.4. The van der Waals surface area contributed by atoms with Gasteiger partial charge >= 0.3 is 0 Å². The molecule has 17 heavy (non-hydrogen) atoms. The van der Waals surface area contributed by atoms with Crippen LogP contribution in [0.2, 0.25) is 0 Å². The highest BCUT2D eigenvalue weighted by molar-refractivity contribution is 5.25. The number of nitrogens with zero attached hydrogens (tertiary/aromatic N) is 1. The number of piperidine rings is 1. The summed E-state index contributed by atoms with van der Waals surface area (Å²) < 4.78 is 0. The van der Waals surface area contributed by atoms with E-state index in [1.54, 1.807) is 6.07 Å². The lowest BCUT2D eigenvalue weighted by molar-refractivity contribution is 0.148. The lowest BCUT2D eigenvalue weighted by Crippen LogP contribution is -2.34. The Hall–Kier alpha value is -1.09. The number of hydrogen-bond donors (Lipinski definition) is 1. The molecule has 0 aromatic carbocycles. The Morgan fingerprint density at radius 1 is 1.47 bits per heavy atom. The van der Waals surface area contributed by atoms with Gasteiger partial charge in [0.2, 0.25) is 5.56 Å². The second-order valence-electron chi connectivity index (χ2n) is 4.98. The number of likely N-dealkylation sites (tertiary alicyclic amines) is 1. The van der Waals surface area contributed by atoms with Gasteiger partial charge in [0.25, 0.3) is 0 Å². The van der Waals surface area contributed by atoms with E-state index in [4.69, 9.17) is 0 Å². The van der Waals surface area contributed by atoms with Gasteiger partial charge in [0.1, 0.15) is 0 Å². The van der Waals surface area contributed by atoms with Gasteiger partial charge in [0, 0.05) is 18.3 Å². The van der Waals surface area contributed by atoms with Crippen molar-refractivity contribution in [2.75, 3.05) is 13.1 Å². The summed E-state index contributed by atoms with van der Waals surface area (Å²) in [5, 5.41) is 0. The number of aromatic amines is 1. The van der Waals surface area contributed by atoms with Gasteiger partial charge in [0.15, 0.2) is 0 Å². The fourth-order valence-electron chi connectivity index (χ4n) is 2.84. The summed E-state index contributed by atoms with van der Waals surface area (Å²) in [5.74, 6) is 0. The van der Waals surface area contributed by atoms with E-state index in [0.717, 1.165) is 12.1 Å². The molecule has 94 valence electrons. The van der Waals surface area contributed by atoms with Crippen molar-refractivity contribution in [3.05, 3.63) is 33.7 Å². The van der Waals surface area contributed by atoms with Crippen LogP contribution in [0.4, 0.5) is 0 Å². The van der Waals surface area contributed by atoms with Crippen LogP contribution >= 0.6 is 0 Å². The molecule has 0 amide bonds. The highest BCUT2D eigenvalue weighted by atomic mass is 16.1. The van der Waals surface area contributed by atoms with E-state index in [1.807, 2.05) is 13.1 Å². The summed E-state index contributed by atoms with van der Waals surface area (Å²) >= 11 is 0. The van der Waals surface area contributed by atoms with Gasteiger partial charge in [-0.25, -0.2) is 0 Å². The van der Waals surface area contributed by atoms with Crippen molar-refractivity contribution in [1.82, 2.24) is 9.88 Å². The molecular formula is C14H22N2O. The Morgan fingerprint density at radius 2 is 2.29 bits per heavy atom. The average Bonchev–Trinajstić information content (AvgIpc) is 2.31. The molecule has 2 heterocycles. The van der Waals surface area contributed by atoms with Crippen molar-refractivity contribution in [1.29, 1.82) is 0 Å². The largest absolute Gasteiger partial charge is 0.329 e. The first-order chi connectivity index (χ1) is 8.22. The summed E-state index contributed by atoms with van der Waals surface area (Å²) in [6, 6.07) is 2.22. The van der Waals surface area contributed by atoms with Crippen LogP contribution in [-0.2, 0) is 0 Å². The minimum absolute atomic E-state index is 0.00380. The SMILES string of the molecule is CCCN1CCCC[C@@H]1c1c[nH]c(=O)cc1C. The highest BCUT2D eigenvalue weighted by Gasteiger charge is 2.24. The van der Waals surface area contributed by atoms with Gasteiger partial charge in [-0.2, -0.15) is 0 Å². The smallest absolute Gasteiger partial charge is 0.248 e. The summed E-state index contributed by atoms with van der Waals surface area (Å²) in [7, 11) is 0. The minimum Gasteiger partial charge on any atom is -0.329 e. The summed E-state index contributed by atoms with van der Waals surface area (Å²) in [6.07, 6.45) is 6.92. The minimum atomic E-state index is 0.00380. The second kappa shape index (κ2) is 5.50. The predicted molar refractivity (Wildman–Crippen MR) is 70.3 cm³/mol. The Morgan fingerprint density at radius 3 is 3.00 bits per heavy atom. The summed E-state index contributed by atoms with van der Waals surface area (Å²) in [6.45, 7) is 6.62. The Labute approximate surface area is 103 Å². The monoisotopic (exact) mass is 234 g/mol. The quantitative estimate of drug-likeness (QED) is 0.872. The zero-order valence-electron chi connectivity index (χ0n) is 10.8. The van der Waals surface area contributed by atoms with E-state index < -0.39 is 0 Å². The third-order valence-electron chi connectivity index (χ3n) is 3.66. The Bertz CT molecular complexity index is 422. The molecule has 1 atom stereocenters. The normalized spacial score (nSPS) is 21.6. The lowest BCUT2D eigenvalue weighted by Gasteiger charge is -2.36. The van der Waals surface area contributed by atoms with Crippen LogP contribution in [0.1, 0.15) is 49.8 Å². The molecule has 0 radical (unpaired) electrons. The van der Waals surface area contributed by atoms with Gasteiger partial charge < -0.3 is 4.98 Å². The van der Waals surface area contributed by atoms with Crippen molar-refractivity contribution >= 4 is 0 Å². The van der Waals surface area contributed by atoms with Crippen molar-refractivity contribution < 1.29 is 0 Å². The molecule has 3 nitrogen and oxygen atoms in total. The molecule has 0 spiro atoms. The van der Waals surface area contributed by atoms with Crippen LogP contribution in [0, 0.1) is 6.92 Å². The van der Waals surface area contributed by atoms with E-state index in [1.165, 1.54) is 37.8 Å². The Kier molecular flexibility index (Phi) is 4.00. The van der Waals surface area contributed by atoms with Crippen molar-refractivity contribution in [2.45, 2.75) is 45.6 Å². The van der Waals surface area contributed by atoms with Crippen LogP contribution in [-0.4, -0.2) is 23.0 Å². The molecule has 0 saturated carbocycles. The number of nitrogens with one attached hydrogen (secondary N) is 1. The number of H-pyrrole nitrogens is 1. The zero-order chi connectivity index (χ0) is 12.3. The fraction of sp³-hybridized carbons (Fsp3) is 0.643. The number of rotatable bonds is 3. The average molecular weight is 234 g/mol. The van der Waals surface area contributed by atoms with Crippen LogP contribution in [0.5, 0.6) is 0 Å². The van der Waals surface area contributed by atoms with Gasteiger partial charge in [-0.1, -0.05) is 13.3 Å². The number of pyridine rings is 1. The molecule has 2 rings (SSSR count). The Balaban J connectivity index is 2.26. The summed E-state index contributed by atoms with van der Waals surface area (Å²) in [4.78, 5) is 16.6. The molecule has 3 heteroatoms. The molecule has 1 aliphatic heterocycles. The maximum atomic E-state index is 11.3. The van der Waals surface area contributed by atoms with Crippen molar-refractivity contribution in [3.63, 3.8) is 0 Å². The second-order valence-corrected chi connectivity index (χ2v) is 4.98. The van der Waals surface area contributed by atoms with E-state index in [-0.39, 0.29) is 5.56 Å². The van der Waals surface area contributed by atoms with Crippen LogP contribution in [0.25, 0.3) is 0 Å². The van der Waals surface area contributed by atoms with Crippen LogP contribution < -0.4 is 5.56 Å². The molecule has 1 aliphatic rings. The highest BCUT2D eigenvalue weighted by Crippen LogP contribution is 2.31. The predicted octanol–water partition coefficient (Wildman–Crippen LogP) is 2.62. The standard InChI is InChI=1S/C14H22N2O/c1-3-7-16-8-5-4-6-13(16)12-10-15-14(17)9-11(12)2/h9-10,13H,3-8H2,1-2H3,(H,15,17)/t13-/m1/s1. The third-order valence-corrected chi connectivity index (χ3v) is 3.66. The van der Waals surface area contributed by atoms with Gasteiger partial charge in [0.05, 0.1) is 0 Å². The topological polar surface area (TPSA) is 36.1 Å². The first-order valence-corrected chi connectivity index (χ1v) is 6.65. The van der Waals surface area contributed by atoms with Crippen LogP contribution in [0.3, 0.4) is 0 Å². The fourth-order valence-corrected chi connectivity index (χ4v) is 2.84. The van der Waals surface area contributed by atoms with E-state index in [0.29, 0.717) is 6.04 Å². The van der Waals surface area contributed by atoms with Gasteiger partial charge in [-0.15, -0.1) is 0 Å². The molecule has 1 N–H and O–H groups in total. The maximum Gasteiger partial charge on any atom is 0.248 e. The van der Waals surface area contributed by atoms with Crippen LogP contribution in [0.15, 0.2) is 17.1 Å². The molecule has 1 aromatic rings. The van der Waals surface area contributed by atoms with E-state index >= 15 is 0 Å². The third kappa shape index (κ3) is 2.78. The molecule has 1 fully saturated rings. The zero-order valence-corrected chi connectivity index (χ0v) is 10.8.